The minimum absolute atomic E-state index is 0.544. The van der Waals surface area contributed by atoms with Crippen molar-refractivity contribution in [2.45, 2.75) is 306 Å². The van der Waals surface area contributed by atoms with Gasteiger partial charge in [0.1, 0.15) is 0 Å². The predicted octanol–water partition coefficient (Wildman–Crippen LogP) is 14.3. The maximum Gasteiger partial charge on any atom is 0.0334 e. The fourth-order valence-corrected chi connectivity index (χ4v) is 22.1. The van der Waals surface area contributed by atoms with E-state index in [1.807, 2.05) is 0 Å². The highest BCUT2D eigenvalue weighted by molar-refractivity contribution is 5.03. The van der Waals surface area contributed by atoms with Crippen molar-refractivity contribution in [3.63, 3.8) is 0 Å². The van der Waals surface area contributed by atoms with E-state index < -0.39 is 0 Å². The normalized spacial score (nSPS) is 31.1. The van der Waals surface area contributed by atoms with Crippen LogP contribution in [-0.4, -0.2) is 317 Å². The van der Waals surface area contributed by atoms with Gasteiger partial charge in [-0.1, -0.05) is 6.92 Å². The zero-order valence-electron chi connectivity index (χ0n) is 69.6. The molecule has 0 aromatic rings. The Kier molecular flexibility index (Phi) is 31.7. The maximum atomic E-state index is 2.69. The van der Waals surface area contributed by atoms with Crippen molar-refractivity contribution in [1.82, 2.24) is 63.7 Å². The topological polar surface area (TPSA) is 42.1 Å². The summed E-state index contributed by atoms with van der Waals surface area (Å²) >= 11 is 0. The molecule has 2 atom stereocenters. The first-order valence-electron chi connectivity index (χ1n) is 42.6. The van der Waals surface area contributed by atoms with Gasteiger partial charge in [-0.25, -0.2) is 0 Å². The van der Waals surface area contributed by atoms with Crippen molar-refractivity contribution in [3.8, 4) is 0 Å². The van der Waals surface area contributed by atoms with Crippen LogP contribution < -0.4 is 0 Å². The van der Waals surface area contributed by atoms with E-state index in [1.165, 1.54) is 318 Å². The third-order valence-corrected chi connectivity index (χ3v) is 29.4. The smallest absolute Gasteiger partial charge is 0.0334 e. The molecule has 0 aromatic carbocycles. The largest absolute Gasteiger partial charge is 0.306 e. The van der Waals surface area contributed by atoms with Gasteiger partial charge in [0.25, 0.3) is 0 Å². The molecule has 13 nitrogen and oxygen atoms in total. The highest BCUT2D eigenvalue weighted by Gasteiger charge is 2.48. The summed E-state index contributed by atoms with van der Waals surface area (Å²) in [6.07, 6.45) is 34.6. The zero-order chi connectivity index (χ0) is 71.3. The minimum atomic E-state index is 0.544. The average molecular weight is 1370 g/mol. The molecule has 0 radical (unpaired) electrons. The summed E-state index contributed by atoms with van der Waals surface area (Å²) in [7, 11) is 13.6. The molecule has 0 aromatic heterocycles. The molecule has 13 heterocycles. The Morgan fingerprint density at radius 3 is 0.888 bits per heavy atom. The summed E-state index contributed by atoms with van der Waals surface area (Å²) in [6, 6.07) is 5.18. The van der Waals surface area contributed by atoms with Crippen molar-refractivity contribution in [2.24, 2.45) is 38.4 Å². The summed E-state index contributed by atoms with van der Waals surface area (Å²) < 4.78 is 0. The summed E-state index contributed by atoms with van der Waals surface area (Å²) in [6.45, 7) is 68.2. The molecule has 0 bridgehead atoms. The highest BCUT2D eigenvalue weighted by Crippen LogP contribution is 2.53. The second-order valence-electron chi connectivity index (χ2n) is 39.6. The van der Waals surface area contributed by atoms with Crippen LogP contribution in [0.1, 0.15) is 258 Å². The fourth-order valence-electron chi connectivity index (χ4n) is 22.1. The van der Waals surface area contributed by atoms with Gasteiger partial charge in [0.15, 0.2) is 0 Å². The lowest BCUT2D eigenvalue weighted by molar-refractivity contribution is -0.0137. The second-order valence-corrected chi connectivity index (χ2v) is 39.6. The molecule has 574 valence electrons. The Morgan fingerprint density at radius 1 is 0.214 bits per heavy atom. The first kappa shape index (κ1) is 83.1. The van der Waals surface area contributed by atoms with Crippen LogP contribution >= 0.6 is 0 Å². The molecular weight excluding hydrogens is 1200 g/mol. The summed E-state index contributed by atoms with van der Waals surface area (Å²) in [4.78, 5) is 33.6. The van der Waals surface area contributed by atoms with Gasteiger partial charge in [-0.2, -0.15) is 0 Å². The summed E-state index contributed by atoms with van der Waals surface area (Å²) in [5.41, 5.74) is 4.76. The van der Waals surface area contributed by atoms with Crippen LogP contribution in [0.25, 0.3) is 0 Å². The Labute approximate surface area is 610 Å². The summed E-state index contributed by atoms with van der Waals surface area (Å²) in [5, 5.41) is 0. The number of hydrogen-bond acceptors (Lipinski definition) is 13. The molecule has 14 aliphatic rings. The van der Waals surface area contributed by atoms with Gasteiger partial charge in [-0.3, -0.25) is 9.80 Å². The average Bonchev–Trinajstić information content (AvgIpc) is 1.27. The Bertz CT molecular complexity index is 2210. The van der Waals surface area contributed by atoms with Crippen LogP contribution in [-0.2, 0) is 0 Å². The number of rotatable bonds is 7. The predicted molar refractivity (Wildman–Crippen MR) is 424 cm³/mol. The lowest BCUT2D eigenvalue weighted by atomic mass is 9.58. The van der Waals surface area contributed by atoms with E-state index in [0.29, 0.717) is 27.2 Å². The molecule has 14 fully saturated rings. The summed E-state index contributed by atoms with van der Waals surface area (Å²) in [5.74, 6) is 1.02. The molecule has 13 saturated heterocycles. The first-order valence-corrected chi connectivity index (χ1v) is 42.6. The van der Waals surface area contributed by atoms with Gasteiger partial charge in [0.2, 0.25) is 0 Å². The molecule has 1 aliphatic carbocycles. The molecule has 13 aliphatic heterocycles. The van der Waals surface area contributed by atoms with Crippen molar-refractivity contribution < 1.29 is 0 Å². The van der Waals surface area contributed by atoms with Gasteiger partial charge in [-0.05, 0) is 438 Å². The SMILES string of the molecule is CC(C)N1CCC2(CCCN(C)C2)CC1.CC(C)N1CCC2(CCN(C)CC2)CC1.CC(C)N1CCC2(CN(C)C2)C1.CC(C)N1CCCC2(CCCN2C)C1.CC(C)N1CCCC2(CCN(C)C2)C1.CC(C)N1CCCC2(CCN(C)CC2)C1.CC1CC2(CCN(C(C)C)CC2)C1. The molecule has 13 heteroatoms. The van der Waals surface area contributed by atoms with E-state index in [4.69, 9.17) is 0 Å². The Morgan fingerprint density at radius 2 is 0.490 bits per heavy atom. The lowest BCUT2D eigenvalue weighted by Crippen LogP contribution is -2.55. The number of nitrogens with zero attached hydrogens (tertiary/aromatic N) is 13. The maximum absolute atomic E-state index is 2.69. The van der Waals surface area contributed by atoms with Gasteiger partial charge < -0.3 is 53.9 Å². The zero-order valence-corrected chi connectivity index (χ0v) is 69.6. The van der Waals surface area contributed by atoms with Crippen molar-refractivity contribution in [3.05, 3.63) is 0 Å². The Balaban J connectivity index is 0.000000146. The standard InChI is InChI=1S/3C13H26N2.2C12H24N2.C12H23N.C10H20N2/c1-12(2)15-10-6-13(7-11-15)4-8-14(3)9-5-13;1-12(2)15-8-4-5-13(11-15)6-9-14(3)10-7-13;1-12(2)15-9-6-13(7-10-15)5-4-8-14(3)11-13;1-11(2)14-9-5-7-12(10-14)6-4-8-13(12)3;1-11(2)14-7-4-5-12(10-14)6-8-13(3)9-12;1-10(2)13-6-4-12(5-7-13)8-11(3)9-12;1-9(2)12-5-4-10(8-12)6-11(3)7-10/h3*12H,4-11H2,1-3H3;2*11H,4-10H2,1-3H3;10-11H,4-9H2,1-3H3;9H,4-8H2,1-3H3. The third kappa shape index (κ3) is 23.5. The van der Waals surface area contributed by atoms with Crippen LogP contribution in [0.4, 0.5) is 0 Å². The fraction of sp³-hybridized carbons (Fsp3) is 1.00. The number of piperidine rings is 9. The van der Waals surface area contributed by atoms with E-state index in [2.05, 4.69) is 210 Å². The molecular formula is C85H169N13. The van der Waals surface area contributed by atoms with Crippen LogP contribution in [0.2, 0.25) is 0 Å². The number of hydrogen-bond donors (Lipinski definition) is 0. The molecule has 98 heavy (non-hydrogen) atoms. The molecule has 2 unspecified atom stereocenters. The monoisotopic (exact) mass is 1370 g/mol. The second kappa shape index (κ2) is 37.3. The quantitative estimate of drug-likeness (QED) is 0.243. The molecule has 0 amide bonds. The molecule has 7 spiro atoms. The van der Waals surface area contributed by atoms with E-state index in [-0.39, 0.29) is 0 Å². The Hall–Kier alpha value is -0.520. The van der Waals surface area contributed by atoms with Crippen LogP contribution in [0, 0.1) is 38.4 Å². The highest BCUT2D eigenvalue weighted by atomic mass is 15.3. The first-order chi connectivity index (χ1) is 46.3. The van der Waals surface area contributed by atoms with Crippen molar-refractivity contribution in [1.29, 1.82) is 0 Å². The van der Waals surface area contributed by atoms with Crippen LogP contribution in [0.3, 0.4) is 0 Å². The molecule has 0 N–H and O–H groups in total. The van der Waals surface area contributed by atoms with E-state index in [0.717, 1.165) is 59.0 Å². The van der Waals surface area contributed by atoms with Gasteiger partial charge in [0, 0.05) is 106 Å². The van der Waals surface area contributed by atoms with Crippen LogP contribution in [0.5, 0.6) is 0 Å². The number of likely N-dealkylation sites (tertiary alicyclic amines) is 13. The minimum Gasteiger partial charge on any atom is -0.306 e. The van der Waals surface area contributed by atoms with Gasteiger partial charge in [0.05, 0.1) is 0 Å². The van der Waals surface area contributed by atoms with E-state index >= 15 is 0 Å². The van der Waals surface area contributed by atoms with E-state index in [9.17, 15) is 0 Å². The third-order valence-electron chi connectivity index (χ3n) is 29.4. The molecule has 14 rings (SSSR count). The van der Waals surface area contributed by atoms with Crippen molar-refractivity contribution in [2.75, 3.05) is 206 Å². The van der Waals surface area contributed by atoms with Gasteiger partial charge >= 0.3 is 0 Å². The van der Waals surface area contributed by atoms with Crippen LogP contribution in [0.15, 0.2) is 0 Å². The van der Waals surface area contributed by atoms with E-state index in [1.54, 1.807) is 0 Å². The lowest BCUT2D eigenvalue weighted by Gasteiger charge is -2.52. The molecule has 1 saturated carbocycles. The number of likely N-dealkylation sites (N-methyl/N-ethyl adjacent to an activating group) is 1. The van der Waals surface area contributed by atoms with Gasteiger partial charge in [-0.15, -0.1) is 0 Å². The van der Waals surface area contributed by atoms with Crippen molar-refractivity contribution >= 4 is 0 Å².